The van der Waals surface area contributed by atoms with Gasteiger partial charge in [0.25, 0.3) is 0 Å². The van der Waals surface area contributed by atoms with E-state index in [-0.39, 0.29) is 17.8 Å². The number of rotatable bonds is 6. The minimum Gasteiger partial charge on any atom is -0.377 e. The Kier molecular flexibility index (Phi) is 6.13. The maximum atomic E-state index is 12.3. The zero-order valence-electron chi connectivity index (χ0n) is 17.7. The van der Waals surface area contributed by atoms with Gasteiger partial charge < -0.3 is 14.5 Å². The number of urea groups is 1. The number of hydrogen-bond donors (Lipinski definition) is 1. The van der Waals surface area contributed by atoms with Gasteiger partial charge in [-0.1, -0.05) is 11.3 Å². The average molecular weight is 467 g/mol. The molecule has 1 aliphatic heterocycles. The van der Waals surface area contributed by atoms with Gasteiger partial charge in [-0.15, -0.1) is 0 Å². The van der Waals surface area contributed by atoms with Crippen LogP contribution in [0.2, 0.25) is 0 Å². The molecule has 0 spiro atoms. The van der Waals surface area contributed by atoms with Crippen LogP contribution in [0.3, 0.4) is 0 Å². The van der Waals surface area contributed by atoms with Crippen molar-refractivity contribution in [1.82, 2.24) is 19.9 Å². The average Bonchev–Trinajstić information content (AvgIpc) is 3.45. The lowest BCUT2D eigenvalue weighted by Crippen LogP contribution is -2.44. The third-order valence-electron chi connectivity index (χ3n) is 5.19. The van der Waals surface area contributed by atoms with E-state index in [1.165, 1.54) is 17.6 Å². The highest BCUT2D eigenvalue weighted by Crippen LogP contribution is 2.31. The van der Waals surface area contributed by atoms with Crippen LogP contribution in [0.15, 0.2) is 12.3 Å². The molecular formula is C19H26N6O4S2. The summed E-state index contributed by atoms with van der Waals surface area (Å²) in [4.78, 5) is 30.2. The lowest BCUT2D eigenvalue weighted by atomic mass is 10.2. The maximum Gasteiger partial charge on any atom is 0.323 e. The molecule has 1 saturated carbocycles. The zero-order valence-corrected chi connectivity index (χ0v) is 19.4. The number of nitrogens with zero attached hydrogens (tertiary/aromatic N) is 5. The monoisotopic (exact) mass is 466 g/mol. The number of sulfone groups is 1. The summed E-state index contributed by atoms with van der Waals surface area (Å²) in [6.45, 7) is 3.85. The number of thiazole rings is 1. The van der Waals surface area contributed by atoms with Gasteiger partial charge in [-0.25, -0.2) is 28.2 Å². The fraction of sp³-hybridized carbons (Fsp3) is 0.579. The molecule has 1 atom stereocenters. The van der Waals surface area contributed by atoms with Crippen molar-refractivity contribution in [2.45, 2.75) is 37.6 Å². The van der Waals surface area contributed by atoms with Gasteiger partial charge >= 0.3 is 6.03 Å². The van der Waals surface area contributed by atoms with Crippen LogP contribution in [0.1, 0.15) is 25.5 Å². The van der Waals surface area contributed by atoms with Gasteiger partial charge in [-0.05, 0) is 19.8 Å². The van der Waals surface area contributed by atoms with Crippen molar-refractivity contribution >= 4 is 38.2 Å². The highest BCUT2D eigenvalue weighted by atomic mass is 32.2. The van der Waals surface area contributed by atoms with Crippen molar-refractivity contribution < 1.29 is 17.9 Å². The van der Waals surface area contributed by atoms with Crippen LogP contribution in [-0.2, 0) is 20.3 Å². The molecule has 2 aromatic rings. The van der Waals surface area contributed by atoms with Crippen molar-refractivity contribution in [3.8, 4) is 10.7 Å². The number of aromatic nitrogens is 3. The molecule has 4 rings (SSSR count). The largest absolute Gasteiger partial charge is 0.377 e. The van der Waals surface area contributed by atoms with Gasteiger partial charge in [-0.2, -0.15) is 0 Å². The lowest BCUT2D eigenvalue weighted by Gasteiger charge is -2.34. The molecule has 0 bridgehead atoms. The molecule has 1 saturated heterocycles. The summed E-state index contributed by atoms with van der Waals surface area (Å²) in [6.07, 6.45) is 4.83. The standard InChI is InChI=1S/C19H26N6O4S2/c1-12-10-29-7-6-25(12)16-8-13(11-31(3,27)28)21-17(22-16)15-9-20-18(30-15)23-19(26)24(2)14-4-5-14/h8-9,12,14H,4-7,10-11H2,1-3H3,(H,20,23,26)/t12-/m0/s1. The number of ether oxygens (including phenoxy) is 1. The molecule has 1 N–H and O–H groups in total. The van der Waals surface area contributed by atoms with E-state index < -0.39 is 9.84 Å². The number of amides is 2. The van der Waals surface area contributed by atoms with E-state index >= 15 is 0 Å². The van der Waals surface area contributed by atoms with Gasteiger partial charge in [0.05, 0.1) is 41.8 Å². The molecule has 12 heteroatoms. The molecule has 0 aromatic carbocycles. The Labute approximate surface area is 185 Å². The van der Waals surface area contributed by atoms with Crippen LogP contribution in [0.5, 0.6) is 0 Å². The van der Waals surface area contributed by atoms with Crippen LogP contribution in [0.25, 0.3) is 10.7 Å². The Hall–Kier alpha value is -2.31. The van der Waals surface area contributed by atoms with Crippen LogP contribution >= 0.6 is 11.3 Å². The number of anilines is 2. The Morgan fingerprint density at radius 1 is 1.39 bits per heavy atom. The van der Waals surface area contributed by atoms with Crippen molar-refractivity contribution in [2.75, 3.05) is 43.3 Å². The van der Waals surface area contributed by atoms with Gasteiger partial charge in [0.1, 0.15) is 5.82 Å². The number of morpholine rings is 1. The number of hydrogen-bond acceptors (Lipinski definition) is 9. The van der Waals surface area contributed by atoms with E-state index in [0.717, 1.165) is 12.8 Å². The fourth-order valence-corrected chi connectivity index (χ4v) is 4.82. The molecule has 3 heterocycles. The predicted octanol–water partition coefficient (Wildman–Crippen LogP) is 2.00. The summed E-state index contributed by atoms with van der Waals surface area (Å²) in [7, 11) is -1.49. The van der Waals surface area contributed by atoms with Crippen LogP contribution in [0.4, 0.5) is 15.7 Å². The normalized spacial score (nSPS) is 19.3. The second-order valence-corrected chi connectivity index (χ2v) is 11.2. The molecule has 10 nitrogen and oxygen atoms in total. The van der Waals surface area contributed by atoms with E-state index in [4.69, 9.17) is 4.74 Å². The van der Waals surface area contributed by atoms with E-state index in [0.29, 0.717) is 53.1 Å². The SMILES string of the molecule is C[C@H]1COCCN1c1cc(CS(C)(=O)=O)nc(-c2cnc(NC(=O)N(C)C3CC3)s2)n1. The summed E-state index contributed by atoms with van der Waals surface area (Å²) in [5, 5.41) is 3.26. The second kappa shape index (κ2) is 8.67. The number of carbonyl (C=O) groups excluding carboxylic acids is 1. The van der Waals surface area contributed by atoms with Crippen LogP contribution < -0.4 is 10.2 Å². The van der Waals surface area contributed by atoms with E-state index in [1.54, 1.807) is 24.2 Å². The Morgan fingerprint density at radius 3 is 2.84 bits per heavy atom. The van der Waals surface area contributed by atoms with Crippen molar-refractivity contribution in [3.05, 3.63) is 18.0 Å². The molecule has 2 amide bonds. The molecule has 1 aliphatic carbocycles. The molecule has 31 heavy (non-hydrogen) atoms. The summed E-state index contributed by atoms with van der Waals surface area (Å²) in [5.74, 6) is 0.873. The Morgan fingerprint density at radius 2 is 2.16 bits per heavy atom. The van der Waals surface area contributed by atoms with Crippen molar-refractivity contribution in [2.24, 2.45) is 0 Å². The van der Waals surface area contributed by atoms with Crippen LogP contribution in [-0.4, -0.2) is 79.4 Å². The minimum atomic E-state index is -3.27. The predicted molar refractivity (Wildman–Crippen MR) is 119 cm³/mol. The highest BCUT2D eigenvalue weighted by molar-refractivity contribution is 7.89. The molecule has 2 aliphatic rings. The van der Waals surface area contributed by atoms with Gasteiger partial charge in [0.15, 0.2) is 20.8 Å². The molecule has 2 fully saturated rings. The summed E-state index contributed by atoms with van der Waals surface area (Å²) in [5.41, 5.74) is 0.425. The summed E-state index contributed by atoms with van der Waals surface area (Å²) in [6, 6.07) is 1.93. The second-order valence-electron chi connectivity index (χ2n) is 8.03. The van der Waals surface area contributed by atoms with Crippen molar-refractivity contribution in [3.63, 3.8) is 0 Å². The molecule has 0 unspecified atom stereocenters. The van der Waals surface area contributed by atoms with E-state index in [9.17, 15) is 13.2 Å². The van der Waals surface area contributed by atoms with E-state index in [2.05, 4.69) is 25.2 Å². The smallest absolute Gasteiger partial charge is 0.323 e. The summed E-state index contributed by atoms with van der Waals surface area (Å²) >= 11 is 1.26. The zero-order chi connectivity index (χ0) is 22.2. The number of carbonyl (C=O) groups is 1. The topological polar surface area (TPSA) is 118 Å². The maximum absolute atomic E-state index is 12.3. The Bertz CT molecular complexity index is 1070. The minimum absolute atomic E-state index is 0.108. The molecule has 168 valence electrons. The first-order valence-corrected chi connectivity index (χ1v) is 13.0. The molecular weight excluding hydrogens is 440 g/mol. The van der Waals surface area contributed by atoms with Gasteiger partial charge in [0, 0.05) is 32.0 Å². The quantitative estimate of drug-likeness (QED) is 0.687. The highest BCUT2D eigenvalue weighted by Gasteiger charge is 2.30. The first-order chi connectivity index (χ1) is 14.7. The molecule has 2 aromatic heterocycles. The first kappa shape index (κ1) is 21.9. The van der Waals surface area contributed by atoms with Gasteiger partial charge in [-0.3, -0.25) is 5.32 Å². The van der Waals surface area contributed by atoms with E-state index in [1.807, 2.05) is 6.92 Å². The van der Waals surface area contributed by atoms with Crippen LogP contribution in [0, 0.1) is 0 Å². The summed E-state index contributed by atoms with van der Waals surface area (Å²) < 4.78 is 29.3. The lowest BCUT2D eigenvalue weighted by molar-refractivity contribution is 0.0985. The van der Waals surface area contributed by atoms with Crippen molar-refractivity contribution in [1.29, 1.82) is 0 Å². The third kappa shape index (κ3) is 5.49. The number of nitrogens with one attached hydrogen (secondary N) is 1. The first-order valence-electron chi connectivity index (χ1n) is 10.1. The van der Waals surface area contributed by atoms with Gasteiger partial charge in [0.2, 0.25) is 0 Å². The Balaban J connectivity index is 1.62. The fourth-order valence-electron chi connectivity index (χ4n) is 3.39. The molecule has 0 radical (unpaired) electrons. The third-order valence-corrected chi connectivity index (χ3v) is 6.92.